The first-order chi connectivity index (χ1) is 7.59. The summed E-state index contributed by atoms with van der Waals surface area (Å²) < 4.78 is 11.9. The molecule has 2 atom stereocenters. The molecular formula is C12H14O3S. The van der Waals surface area contributed by atoms with Crippen molar-refractivity contribution in [1.82, 2.24) is 0 Å². The molecule has 1 aliphatic rings. The molecule has 1 aromatic rings. The Bertz CT molecular complexity index is 454. The molecule has 4 heteroatoms. The Hall–Kier alpha value is -1.16. The average Bonchev–Trinajstić information content (AvgIpc) is 2.73. The van der Waals surface area contributed by atoms with E-state index in [0.717, 1.165) is 19.3 Å². The van der Waals surface area contributed by atoms with Crippen LogP contribution in [0.2, 0.25) is 0 Å². The number of fused-ring (bicyclic) bond motifs is 1. The SMILES string of the molecule is CC(C(=O)O)S(=O)c1ccc2c(c1)CCC2. The van der Waals surface area contributed by atoms with E-state index in [4.69, 9.17) is 5.11 Å². The van der Waals surface area contributed by atoms with Gasteiger partial charge >= 0.3 is 5.97 Å². The molecule has 1 aromatic carbocycles. The van der Waals surface area contributed by atoms with Gasteiger partial charge in [-0.1, -0.05) is 6.07 Å². The van der Waals surface area contributed by atoms with Crippen LogP contribution in [0.1, 0.15) is 24.5 Å². The largest absolute Gasteiger partial charge is 0.480 e. The van der Waals surface area contributed by atoms with Crippen molar-refractivity contribution in [3.05, 3.63) is 29.3 Å². The highest BCUT2D eigenvalue weighted by molar-refractivity contribution is 7.86. The Labute approximate surface area is 96.9 Å². The first kappa shape index (κ1) is 11.3. The van der Waals surface area contributed by atoms with E-state index in [1.165, 1.54) is 18.1 Å². The third-order valence-electron chi connectivity index (χ3n) is 2.97. The van der Waals surface area contributed by atoms with E-state index in [2.05, 4.69) is 0 Å². The fraction of sp³-hybridized carbons (Fsp3) is 0.417. The van der Waals surface area contributed by atoms with Crippen molar-refractivity contribution in [2.45, 2.75) is 36.3 Å². The van der Waals surface area contributed by atoms with Crippen molar-refractivity contribution in [3.8, 4) is 0 Å². The molecule has 1 N–H and O–H groups in total. The van der Waals surface area contributed by atoms with Gasteiger partial charge in [0.2, 0.25) is 0 Å². The smallest absolute Gasteiger partial charge is 0.319 e. The lowest BCUT2D eigenvalue weighted by Gasteiger charge is -2.08. The lowest BCUT2D eigenvalue weighted by Crippen LogP contribution is -2.21. The molecule has 0 spiro atoms. The summed E-state index contributed by atoms with van der Waals surface area (Å²) in [7, 11) is -1.45. The van der Waals surface area contributed by atoms with E-state index < -0.39 is 22.0 Å². The van der Waals surface area contributed by atoms with Crippen molar-refractivity contribution >= 4 is 16.8 Å². The number of benzene rings is 1. The van der Waals surface area contributed by atoms with Gasteiger partial charge < -0.3 is 5.11 Å². The Morgan fingerprint density at radius 1 is 1.38 bits per heavy atom. The quantitative estimate of drug-likeness (QED) is 0.873. The van der Waals surface area contributed by atoms with E-state index in [1.807, 2.05) is 12.1 Å². The number of carboxylic acids is 1. The summed E-state index contributed by atoms with van der Waals surface area (Å²) >= 11 is 0. The topological polar surface area (TPSA) is 54.4 Å². The first-order valence-corrected chi connectivity index (χ1v) is 6.56. The Kier molecular flexibility index (Phi) is 3.10. The normalized spacial score (nSPS) is 17.8. The molecule has 2 rings (SSSR count). The standard InChI is InChI=1S/C12H14O3S/c1-8(12(13)14)16(15)11-6-5-9-3-2-4-10(9)7-11/h5-8H,2-4H2,1H3,(H,13,14). The highest BCUT2D eigenvalue weighted by Gasteiger charge is 2.21. The van der Waals surface area contributed by atoms with Crippen LogP contribution < -0.4 is 0 Å². The Morgan fingerprint density at radius 2 is 2.06 bits per heavy atom. The van der Waals surface area contributed by atoms with Gasteiger partial charge in [0, 0.05) is 4.90 Å². The van der Waals surface area contributed by atoms with E-state index in [9.17, 15) is 9.00 Å². The van der Waals surface area contributed by atoms with Crippen LogP contribution in [0.5, 0.6) is 0 Å². The van der Waals surface area contributed by atoms with Crippen LogP contribution in [0.15, 0.2) is 23.1 Å². The van der Waals surface area contributed by atoms with Crippen LogP contribution in [0, 0.1) is 0 Å². The molecular weight excluding hydrogens is 224 g/mol. The maximum Gasteiger partial charge on any atom is 0.319 e. The second-order valence-electron chi connectivity index (χ2n) is 4.06. The average molecular weight is 238 g/mol. The maximum atomic E-state index is 11.9. The van der Waals surface area contributed by atoms with E-state index in [1.54, 1.807) is 6.07 Å². The number of hydrogen-bond acceptors (Lipinski definition) is 2. The highest BCUT2D eigenvalue weighted by Crippen LogP contribution is 2.25. The third-order valence-corrected chi connectivity index (χ3v) is 4.53. The lowest BCUT2D eigenvalue weighted by atomic mass is 10.1. The van der Waals surface area contributed by atoms with Crippen LogP contribution in [-0.2, 0) is 28.4 Å². The molecule has 0 amide bonds. The van der Waals surface area contributed by atoms with Gasteiger partial charge in [0.15, 0.2) is 0 Å². The number of carbonyl (C=O) groups is 1. The Balaban J connectivity index is 2.28. The van der Waals surface area contributed by atoms with Crippen molar-refractivity contribution in [2.24, 2.45) is 0 Å². The van der Waals surface area contributed by atoms with Crippen LogP contribution in [0.3, 0.4) is 0 Å². The van der Waals surface area contributed by atoms with Crippen molar-refractivity contribution in [2.75, 3.05) is 0 Å². The number of hydrogen-bond donors (Lipinski definition) is 1. The predicted octanol–water partition coefficient (Wildman–Crippen LogP) is 1.76. The van der Waals surface area contributed by atoms with Crippen molar-refractivity contribution in [1.29, 1.82) is 0 Å². The van der Waals surface area contributed by atoms with E-state index in [-0.39, 0.29) is 0 Å². The first-order valence-electron chi connectivity index (χ1n) is 5.35. The van der Waals surface area contributed by atoms with Gasteiger partial charge in [0.25, 0.3) is 0 Å². The molecule has 2 unspecified atom stereocenters. The van der Waals surface area contributed by atoms with Crippen LogP contribution >= 0.6 is 0 Å². The van der Waals surface area contributed by atoms with Gasteiger partial charge in [-0.2, -0.15) is 0 Å². The molecule has 86 valence electrons. The molecule has 0 saturated heterocycles. The minimum atomic E-state index is -1.45. The minimum Gasteiger partial charge on any atom is -0.480 e. The van der Waals surface area contributed by atoms with E-state index >= 15 is 0 Å². The van der Waals surface area contributed by atoms with Crippen molar-refractivity contribution < 1.29 is 14.1 Å². The van der Waals surface area contributed by atoms with Gasteiger partial charge in [-0.05, 0) is 49.4 Å². The predicted molar refractivity (Wildman–Crippen MR) is 62.0 cm³/mol. The van der Waals surface area contributed by atoms with Crippen molar-refractivity contribution in [3.63, 3.8) is 0 Å². The number of aliphatic carboxylic acids is 1. The molecule has 1 aliphatic carbocycles. The summed E-state index contributed by atoms with van der Waals surface area (Å²) in [6.07, 6.45) is 3.23. The highest BCUT2D eigenvalue weighted by atomic mass is 32.2. The monoisotopic (exact) mass is 238 g/mol. The number of aryl methyl sites for hydroxylation is 2. The molecule has 0 aliphatic heterocycles. The van der Waals surface area contributed by atoms with Gasteiger partial charge in [-0.15, -0.1) is 0 Å². The number of rotatable bonds is 3. The third kappa shape index (κ3) is 2.02. The molecule has 0 aromatic heterocycles. The zero-order valence-corrected chi connectivity index (χ0v) is 9.92. The fourth-order valence-corrected chi connectivity index (χ4v) is 3.02. The maximum absolute atomic E-state index is 11.9. The zero-order chi connectivity index (χ0) is 11.7. The van der Waals surface area contributed by atoms with Gasteiger partial charge in [-0.3, -0.25) is 9.00 Å². The molecule has 0 heterocycles. The number of carboxylic acid groups (broad SMARTS) is 1. The second-order valence-corrected chi connectivity index (χ2v) is 5.84. The van der Waals surface area contributed by atoms with E-state index in [0.29, 0.717) is 4.90 Å². The summed E-state index contributed by atoms with van der Waals surface area (Å²) in [5.74, 6) is -1.01. The summed E-state index contributed by atoms with van der Waals surface area (Å²) in [6, 6.07) is 5.67. The molecule has 0 radical (unpaired) electrons. The fourth-order valence-electron chi connectivity index (χ4n) is 1.97. The Morgan fingerprint density at radius 3 is 2.75 bits per heavy atom. The summed E-state index contributed by atoms with van der Waals surface area (Å²) in [5.41, 5.74) is 2.53. The van der Waals surface area contributed by atoms with Crippen LogP contribution in [0.25, 0.3) is 0 Å². The molecule has 0 fully saturated rings. The molecule has 16 heavy (non-hydrogen) atoms. The molecule has 0 bridgehead atoms. The van der Waals surface area contributed by atoms with Crippen LogP contribution in [-0.4, -0.2) is 20.5 Å². The lowest BCUT2D eigenvalue weighted by molar-refractivity contribution is -0.136. The molecule has 0 saturated carbocycles. The minimum absolute atomic E-state index is 0.635. The summed E-state index contributed by atoms with van der Waals surface area (Å²) in [5, 5.41) is 7.97. The van der Waals surface area contributed by atoms with Crippen LogP contribution in [0.4, 0.5) is 0 Å². The summed E-state index contributed by atoms with van der Waals surface area (Å²) in [4.78, 5) is 11.4. The van der Waals surface area contributed by atoms with Gasteiger partial charge in [0.05, 0.1) is 10.8 Å². The zero-order valence-electron chi connectivity index (χ0n) is 9.10. The van der Waals surface area contributed by atoms with Gasteiger partial charge in [0.1, 0.15) is 5.25 Å². The second kappa shape index (κ2) is 4.37. The molecule has 3 nitrogen and oxygen atoms in total. The summed E-state index contributed by atoms with van der Waals surface area (Å²) in [6.45, 7) is 1.48. The van der Waals surface area contributed by atoms with Gasteiger partial charge in [-0.25, -0.2) is 0 Å².